The van der Waals surface area contributed by atoms with E-state index in [-0.39, 0.29) is 16.8 Å². The van der Waals surface area contributed by atoms with Crippen molar-refractivity contribution in [2.75, 3.05) is 18.9 Å². The van der Waals surface area contributed by atoms with Gasteiger partial charge in [0.05, 0.1) is 4.90 Å². The Morgan fingerprint density at radius 1 is 1.35 bits per heavy atom. The van der Waals surface area contributed by atoms with Crippen LogP contribution in [0.3, 0.4) is 0 Å². The molecule has 0 aliphatic heterocycles. The monoisotopic (exact) mass is 341 g/mol. The Morgan fingerprint density at radius 2 is 1.96 bits per heavy atom. The largest absolute Gasteiger partial charge is 0.327 e. The van der Waals surface area contributed by atoms with Gasteiger partial charge in [-0.05, 0) is 37.0 Å². The quantitative estimate of drug-likeness (QED) is 0.793. The van der Waals surface area contributed by atoms with E-state index in [1.165, 1.54) is 17.3 Å². The third kappa shape index (κ3) is 5.30. The third-order valence-electron chi connectivity index (χ3n) is 3.86. The van der Waals surface area contributed by atoms with Crippen molar-refractivity contribution < 1.29 is 13.2 Å². The highest BCUT2D eigenvalue weighted by molar-refractivity contribution is 7.89. The van der Waals surface area contributed by atoms with Crippen molar-refractivity contribution in [3.63, 3.8) is 0 Å². The minimum Gasteiger partial charge on any atom is -0.327 e. The summed E-state index contributed by atoms with van der Waals surface area (Å²) in [5.41, 5.74) is 7.29. The molecule has 0 saturated carbocycles. The maximum Gasteiger partial charge on any atom is 0.242 e. The number of carbonyl (C=O) groups is 1. The Morgan fingerprint density at radius 3 is 2.48 bits per heavy atom. The van der Waals surface area contributed by atoms with Crippen LogP contribution in [0.2, 0.25) is 0 Å². The molecule has 0 aromatic heterocycles. The predicted octanol–water partition coefficient (Wildman–Crippen LogP) is 1.95. The molecule has 1 aromatic rings. The van der Waals surface area contributed by atoms with Crippen molar-refractivity contribution in [1.29, 1.82) is 0 Å². The van der Waals surface area contributed by atoms with Crippen LogP contribution in [0.5, 0.6) is 0 Å². The molecule has 0 saturated heterocycles. The minimum absolute atomic E-state index is 0.0411. The summed E-state index contributed by atoms with van der Waals surface area (Å²) in [4.78, 5) is 11.4. The van der Waals surface area contributed by atoms with Gasteiger partial charge in [-0.3, -0.25) is 4.79 Å². The molecule has 1 unspecified atom stereocenters. The van der Waals surface area contributed by atoms with Crippen LogP contribution in [0.1, 0.15) is 32.8 Å². The van der Waals surface area contributed by atoms with Crippen LogP contribution in [0.15, 0.2) is 23.1 Å². The molecule has 7 heteroatoms. The van der Waals surface area contributed by atoms with E-state index in [0.29, 0.717) is 24.6 Å². The SMILES string of the molecule is CC(=O)Nc1cc(S(=O)(=O)N(C)CCC(N)C(C)C)ccc1C. The summed E-state index contributed by atoms with van der Waals surface area (Å²) in [6.45, 7) is 7.58. The van der Waals surface area contributed by atoms with Crippen LogP contribution in [0.25, 0.3) is 0 Å². The van der Waals surface area contributed by atoms with Gasteiger partial charge in [-0.1, -0.05) is 19.9 Å². The first kappa shape index (κ1) is 19.6. The summed E-state index contributed by atoms with van der Waals surface area (Å²) in [6.07, 6.45) is 0.595. The van der Waals surface area contributed by atoms with Gasteiger partial charge in [0, 0.05) is 32.2 Å². The van der Waals surface area contributed by atoms with E-state index >= 15 is 0 Å². The highest BCUT2D eigenvalue weighted by Gasteiger charge is 2.22. The van der Waals surface area contributed by atoms with Crippen LogP contribution in [-0.2, 0) is 14.8 Å². The number of nitrogens with one attached hydrogen (secondary N) is 1. The van der Waals surface area contributed by atoms with Gasteiger partial charge in [-0.25, -0.2) is 12.7 Å². The zero-order valence-corrected chi connectivity index (χ0v) is 15.3. The van der Waals surface area contributed by atoms with Crippen LogP contribution < -0.4 is 11.1 Å². The van der Waals surface area contributed by atoms with Gasteiger partial charge in [0.1, 0.15) is 0 Å². The minimum atomic E-state index is -3.61. The Bertz CT molecular complexity index is 657. The van der Waals surface area contributed by atoms with Crippen molar-refractivity contribution in [2.45, 2.75) is 45.1 Å². The summed E-state index contributed by atoms with van der Waals surface area (Å²) in [5, 5.41) is 2.65. The molecule has 1 aromatic carbocycles. The lowest BCUT2D eigenvalue weighted by molar-refractivity contribution is -0.114. The molecule has 6 nitrogen and oxygen atoms in total. The second-order valence-electron chi connectivity index (χ2n) is 6.18. The van der Waals surface area contributed by atoms with Crippen molar-refractivity contribution in [3.8, 4) is 0 Å². The lowest BCUT2D eigenvalue weighted by atomic mass is 10.0. The van der Waals surface area contributed by atoms with Crippen molar-refractivity contribution in [3.05, 3.63) is 23.8 Å². The van der Waals surface area contributed by atoms with E-state index < -0.39 is 10.0 Å². The number of sulfonamides is 1. The molecule has 23 heavy (non-hydrogen) atoms. The number of anilines is 1. The summed E-state index contributed by atoms with van der Waals surface area (Å²) < 4.78 is 26.6. The Balaban J connectivity index is 2.97. The van der Waals surface area contributed by atoms with Crippen molar-refractivity contribution in [1.82, 2.24) is 4.31 Å². The first-order chi connectivity index (χ1) is 10.6. The summed E-state index contributed by atoms with van der Waals surface area (Å²) in [7, 11) is -2.07. The molecular formula is C16H27N3O3S. The van der Waals surface area contributed by atoms with Gasteiger partial charge < -0.3 is 11.1 Å². The molecule has 130 valence electrons. The normalized spacial score (nSPS) is 13.4. The highest BCUT2D eigenvalue weighted by atomic mass is 32.2. The number of aryl methyl sites for hydroxylation is 1. The fourth-order valence-electron chi connectivity index (χ4n) is 2.05. The zero-order valence-electron chi connectivity index (χ0n) is 14.5. The van der Waals surface area contributed by atoms with Gasteiger partial charge in [0.2, 0.25) is 15.9 Å². The average molecular weight is 341 g/mol. The fourth-order valence-corrected chi connectivity index (χ4v) is 3.26. The van der Waals surface area contributed by atoms with E-state index in [9.17, 15) is 13.2 Å². The highest BCUT2D eigenvalue weighted by Crippen LogP contribution is 2.22. The topological polar surface area (TPSA) is 92.5 Å². The van der Waals surface area contributed by atoms with Gasteiger partial charge >= 0.3 is 0 Å². The van der Waals surface area contributed by atoms with Gasteiger partial charge in [0.25, 0.3) is 0 Å². The molecule has 0 radical (unpaired) electrons. The van der Waals surface area contributed by atoms with Crippen molar-refractivity contribution >= 4 is 21.6 Å². The van der Waals surface area contributed by atoms with Crippen LogP contribution in [0.4, 0.5) is 5.69 Å². The van der Waals surface area contributed by atoms with Gasteiger partial charge in [-0.2, -0.15) is 0 Å². The van der Waals surface area contributed by atoms with E-state index in [0.717, 1.165) is 5.56 Å². The molecule has 1 rings (SSSR count). The summed E-state index contributed by atoms with van der Waals surface area (Å²) in [5.74, 6) is 0.0655. The van der Waals surface area contributed by atoms with Crippen molar-refractivity contribution in [2.24, 2.45) is 11.7 Å². The first-order valence-corrected chi connectivity index (χ1v) is 9.10. The summed E-state index contributed by atoms with van der Waals surface area (Å²) in [6, 6.07) is 4.69. The van der Waals surface area contributed by atoms with Gasteiger partial charge in [0.15, 0.2) is 0 Å². The second kappa shape index (κ2) is 7.90. The van der Waals surface area contributed by atoms with Crippen LogP contribution in [-0.4, -0.2) is 38.3 Å². The van der Waals surface area contributed by atoms with E-state index in [1.54, 1.807) is 19.2 Å². The maximum atomic E-state index is 12.6. The molecule has 0 aliphatic carbocycles. The number of nitrogens with zero attached hydrogens (tertiary/aromatic N) is 1. The molecule has 0 spiro atoms. The van der Waals surface area contributed by atoms with E-state index in [2.05, 4.69) is 5.32 Å². The zero-order chi connectivity index (χ0) is 17.8. The standard InChI is InChI=1S/C16H27N3O3S/c1-11(2)15(17)8-9-19(5)23(21,22)14-7-6-12(3)16(10-14)18-13(4)20/h6-7,10-11,15H,8-9,17H2,1-5H3,(H,18,20). The van der Waals surface area contributed by atoms with Crippen LogP contribution in [0, 0.1) is 12.8 Å². The third-order valence-corrected chi connectivity index (χ3v) is 5.71. The Hall–Kier alpha value is -1.44. The number of carbonyl (C=O) groups excluding carboxylic acids is 1. The lowest BCUT2D eigenvalue weighted by Gasteiger charge is -2.21. The number of amides is 1. The van der Waals surface area contributed by atoms with Crippen LogP contribution >= 0.6 is 0 Å². The lowest BCUT2D eigenvalue weighted by Crippen LogP contribution is -2.34. The molecular weight excluding hydrogens is 314 g/mol. The summed E-state index contributed by atoms with van der Waals surface area (Å²) >= 11 is 0. The number of nitrogens with two attached hydrogens (primary N) is 1. The molecule has 0 heterocycles. The predicted molar refractivity (Wildman–Crippen MR) is 92.7 cm³/mol. The average Bonchev–Trinajstić information content (AvgIpc) is 2.45. The molecule has 1 atom stereocenters. The smallest absolute Gasteiger partial charge is 0.242 e. The first-order valence-electron chi connectivity index (χ1n) is 7.66. The van der Waals surface area contributed by atoms with E-state index in [1.807, 2.05) is 20.8 Å². The molecule has 0 aliphatic rings. The maximum absolute atomic E-state index is 12.6. The number of hydrogen-bond donors (Lipinski definition) is 2. The fraction of sp³-hybridized carbons (Fsp3) is 0.562. The number of benzene rings is 1. The molecule has 3 N–H and O–H groups in total. The molecule has 1 amide bonds. The molecule has 0 bridgehead atoms. The Labute approximate surface area is 139 Å². The van der Waals surface area contributed by atoms with E-state index in [4.69, 9.17) is 5.73 Å². The Kier molecular flexibility index (Phi) is 6.73. The second-order valence-corrected chi connectivity index (χ2v) is 8.23. The number of rotatable bonds is 7. The number of hydrogen-bond acceptors (Lipinski definition) is 4. The van der Waals surface area contributed by atoms with Gasteiger partial charge in [-0.15, -0.1) is 0 Å². The molecule has 0 fully saturated rings.